The van der Waals surface area contributed by atoms with Crippen molar-refractivity contribution in [2.75, 3.05) is 19.2 Å². The van der Waals surface area contributed by atoms with E-state index in [1.165, 1.54) is 36.4 Å². The summed E-state index contributed by atoms with van der Waals surface area (Å²) >= 11 is 9.26. The molecule has 0 bridgehead atoms. The molecule has 3 rings (SSSR count). The molecule has 0 amide bonds. The molecule has 2 N–H and O–H groups in total. The van der Waals surface area contributed by atoms with E-state index in [2.05, 4.69) is 23.2 Å². The number of ether oxygens (including phenoxy) is 2. The van der Waals surface area contributed by atoms with Gasteiger partial charge in [-0.25, -0.2) is 0 Å². The largest absolute Gasteiger partial charge is 0.504 e. The van der Waals surface area contributed by atoms with E-state index in [9.17, 15) is 14.0 Å². The van der Waals surface area contributed by atoms with Gasteiger partial charge in [-0.2, -0.15) is 0 Å². The highest BCUT2D eigenvalue weighted by Crippen LogP contribution is 2.31. The van der Waals surface area contributed by atoms with Gasteiger partial charge >= 0.3 is 0 Å². The average Bonchev–Trinajstić information content (AvgIpc) is 2.96. The Labute approximate surface area is 166 Å². The van der Waals surface area contributed by atoms with Crippen molar-refractivity contribution in [3.63, 3.8) is 0 Å². The lowest BCUT2D eigenvalue weighted by atomic mass is 10.2. The molecule has 0 saturated heterocycles. The number of hydrogen-bond donors (Lipinski definition) is 2. The number of fused-ring (bicyclic) bond motifs is 1. The molecule has 6 nitrogen and oxygen atoms in total. The summed E-state index contributed by atoms with van der Waals surface area (Å²) in [6, 6.07) is 8.36. The Kier molecular flexibility index (Phi) is 8.31. The van der Waals surface area contributed by atoms with Crippen LogP contribution in [-0.2, 0) is 0 Å². The predicted molar refractivity (Wildman–Crippen MR) is 96.7 cm³/mol. The van der Waals surface area contributed by atoms with Crippen LogP contribution in [0.25, 0.3) is 0 Å². The lowest BCUT2D eigenvalue weighted by molar-refractivity contribution is 0.111. The maximum atomic E-state index is 10.4. The fourth-order valence-electron chi connectivity index (χ4n) is 1.49. The zero-order valence-electron chi connectivity index (χ0n) is 18.0. The minimum Gasteiger partial charge on any atom is -0.504 e. The predicted octanol–water partition coefficient (Wildman–Crippen LogP) is 4.15. The molecule has 26 heavy (non-hydrogen) atoms. The van der Waals surface area contributed by atoms with Crippen molar-refractivity contribution in [1.29, 1.82) is 0 Å². The molecule has 142 valence electrons. The average molecular weight is 412 g/mol. The third-order valence-electron chi connectivity index (χ3n) is 2.54. The van der Waals surface area contributed by atoms with Crippen molar-refractivity contribution in [3.8, 4) is 23.0 Å². The first-order valence-corrected chi connectivity index (χ1v) is 7.19. The molecule has 0 fully saturated rings. The van der Waals surface area contributed by atoms with E-state index >= 15 is 0 Å². The van der Waals surface area contributed by atoms with Gasteiger partial charge in [-0.15, -0.1) is 23.2 Å². The van der Waals surface area contributed by atoms with Crippen LogP contribution in [0.2, 0.25) is 0 Å². The molecule has 0 saturated carbocycles. The van der Waals surface area contributed by atoms with Crippen molar-refractivity contribution >= 4 is 35.8 Å². The molecule has 0 spiro atoms. The van der Waals surface area contributed by atoms with Crippen molar-refractivity contribution in [2.45, 2.75) is 0 Å². The van der Waals surface area contributed by atoms with Gasteiger partial charge in [-0.05, 0) is 36.4 Å². The molecular weight excluding hydrogens is 390 g/mol. The number of aldehydes is 2. The lowest BCUT2D eigenvalue weighted by Gasteiger charge is -1.95. The number of rotatable bonds is 2. The minimum atomic E-state index is -2.12. The van der Waals surface area contributed by atoms with Crippen LogP contribution in [0.4, 0.5) is 4.39 Å². The van der Waals surface area contributed by atoms with Crippen molar-refractivity contribution in [2.24, 2.45) is 0 Å². The molecule has 0 radical (unpaired) electrons. The third-order valence-corrected chi connectivity index (χ3v) is 2.54. The van der Waals surface area contributed by atoms with E-state index in [1.54, 1.807) is 0 Å². The number of aromatic hydroxyl groups is 2. The second-order valence-corrected chi connectivity index (χ2v) is 4.62. The molecule has 0 aliphatic carbocycles. The number of phenolic OH excluding ortho intramolecular Hbond substituents is 2. The summed E-state index contributed by atoms with van der Waals surface area (Å²) in [5.74, 6) is 0.0837. The van der Waals surface area contributed by atoms with Crippen LogP contribution in [0.1, 0.15) is 27.6 Å². The van der Waals surface area contributed by atoms with Crippen molar-refractivity contribution < 1.29 is 40.5 Å². The summed E-state index contributed by atoms with van der Waals surface area (Å²) in [6.45, 7) is -2.12. The fourth-order valence-corrected chi connectivity index (χ4v) is 1.49. The Morgan fingerprint density at radius 2 is 1.62 bits per heavy atom. The second-order valence-electron chi connectivity index (χ2n) is 4.05. The van der Waals surface area contributed by atoms with Crippen LogP contribution in [0, 0.1) is 0 Å². The van der Waals surface area contributed by atoms with Crippen molar-refractivity contribution in [3.05, 3.63) is 47.5 Å². The van der Waals surface area contributed by atoms with Crippen LogP contribution in [0.3, 0.4) is 0 Å². The van der Waals surface area contributed by atoms with Crippen LogP contribution < -0.4 is 9.47 Å². The zero-order valence-corrected chi connectivity index (χ0v) is 14.5. The summed E-state index contributed by atoms with van der Waals surface area (Å²) in [7, 11) is -1.00. The highest BCUT2D eigenvalue weighted by molar-refractivity contribution is 6.40. The Hall–Kier alpha value is -2.51. The van der Waals surface area contributed by atoms with Crippen LogP contribution in [0.5, 0.6) is 23.0 Å². The first-order valence-electron chi connectivity index (χ1n) is 9.14. The molecule has 2 aromatic carbocycles. The summed E-state index contributed by atoms with van der Waals surface area (Å²) in [5, 5.41) is 15.5. The molecule has 1 aliphatic heterocycles. The quantitative estimate of drug-likeness (QED) is 0.438. The molecule has 0 aromatic heterocycles. The summed E-state index contributed by atoms with van der Waals surface area (Å²) in [6.07, 6.45) is 1.26. The molecule has 2 aromatic rings. The standard InChI is InChI=1S/C8H6O3.C7H6O3.CH2Cl2.CH3F/c9-4-6-1-2-7-8(3-6)11-5-10-7;8-4-5-1-2-6(9)7(10)3-5;2-1-3;1-2/h1-4H,5H2;1-4,9-10H;1H2;1H3/i5D2;;1D2;1D. The SMILES string of the molecule is O=Cc1ccc(O)c(O)c1.[2H]C([2H])(Cl)Cl.[2H]C1([2H])Oc2ccc(C=O)cc2O1.[2H]CF. The van der Waals surface area contributed by atoms with Gasteiger partial charge in [0, 0.05) is 11.1 Å². The molecule has 1 heterocycles. The second kappa shape index (κ2) is 13.7. The Morgan fingerprint density at radius 3 is 2.15 bits per heavy atom. The summed E-state index contributed by atoms with van der Waals surface area (Å²) < 4.78 is 51.6. The number of carbonyl (C=O) groups excluding carboxylic acids is 2. The van der Waals surface area contributed by atoms with Gasteiger partial charge < -0.3 is 19.7 Å². The highest BCUT2D eigenvalue weighted by atomic mass is 35.5. The van der Waals surface area contributed by atoms with E-state index in [1.807, 2.05) is 0 Å². The highest BCUT2D eigenvalue weighted by Gasteiger charge is 2.12. The van der Waals surface area contributed by atoms with Crippen LogP contribution >= 0.6 is 23.2 Å². The topological polar surface area (TPSA) is 93.1 Å². The first kappa shape index (κ1) is 15.7. The van der Waals surface area contributed by atoms with Gasteiger partial charge in [-0.1, -0.05) is 0 Å². The van der Waals surface area contributed by atoms with Crippen molar-refractivity contribution in [1.82, 2.24) is 0 Å². The van der Waals surface area contributed by atoms with E-state index in [0.717, 1.165) is 0 Å². The molecular formula is C17H17Cl2FO6. The Balaban J connectivity index is 0.000000444. The number of benzene rings is 2. The summed E-state index contributed by atoms with van der Waals surface area (Å²) in [4.78, 5) is 20.5. The van der Waals surface area contributed by atoms with Crippen LogP contribution in [-0.4, -0.2) is 42.0 Å². The fraction of sp³-hybridized carbons (Fsp3) is 0.176. The smallest absolute Gasteiger partial charge is 0.231 e. The van der Waals surface area contributed by atoms with E-state index < -0.39 is 19.2 Å². The number of phenols is 2. The minimum absolute atomic E-state index is 0.217. The summed E-state index contributed by atoms with van der Waals surface area (Å²) in [5.41, 5.74) is 0.773. The Morgan fingerprint density at radius 1 is 1.12 bits per heavy atom. The maximum Gasteiger partial charge on any atom is 0.231 e. The van der Waals surface area contributed by atoms with Gasteiger partial charge in [0.25, 0.3) is 0 Å². The maximum absolute atomic E-state index is 10.4. The van der Waals surface area contributed by atoms with Crippen LogP contribution in [0.15, 0.2) is 36.4 Å². The first-order chi connectivity index (χ1) is 14.3. The molecule has 0 atom stereocenters. The van der Waals surface area contributed by atoms with Gasteiger partial charge in [0.15, 0.2) is 23.0 Å². The number of alkyl halides is 3. The Bertz CT molecular complexity index is 861. The molecule has 0 unspecified atom stereocenters. The number of hydrogen-bond acceptors (Lipinski definition) is 6. The van der Waals surface area contributed by atoms with Gasteiger partial charge in [-0.3, -0.25) is 14.0 Å². The lowest BCUT2D eigenvalue weighted by Crippen LogP contribution is -1.92. The van der Waals surface area contributed by atoms with E-state index in [4.69, 9.17) is 26.5 Å². The monoisotopic (exact) mass is 411 g/mol. The van der Waals surface area contributed by atoms with E-state index in [-0.39, 0.29) is 17.2 Å². The normalized spacial score (nSPS) is 15.3. The van der Waals surface area contributed by atoms with Gasteiger partial charge in [0.2, 0.25) is 6.75 Å². The van der Waals surface area contributed by atoms with E-state index in [0.29, 0.717) is 29.4 Å². The zero-order chi connectivity index (χ0) is 24.2. The number of halogens is 3. The molecule has 1 aliphatic rings. The molecule has 9 heteroatoms. The number of carbonyl (C=O) groups is 2. The van der Waals surface area contributed by atoms with Gasteiger partial charge in [0.1, 0.15) is 15.3 Å². The third kappa shape index (κ3) is 8.04. The van der Waals surface area contributed by atoms with Gasteiger partial charge in [0.05, 0.1) is 16.6 Å².